The fraction of sp³-hybridized carbons (Fsp3) is 0.667. The fourth-order valence-corrected chi connectivity index (χ4v) is 2.92. The van der Waals surface area contributed by atoms with Crippen molar-refractivity contribution in [2.75, 3.05) is 11.9 Å². The molecule has 3 atom stereocenters. The van der Waals surface area contributed by atoms with Crippen LogP contribution in [-0.2, 0) is 4.74 Å². The highest BCUT2D eigenvalue weighted by molar-refractivity contribution is 5.32. The molecule has 0 radical (unpaired) electrons. The molecule has 1 aliphatic heterocycles. The van der Waals surface area contributed by atoms with Crippen molar-refractivity contribution in [2.24, 2.45) is 5.92 Å². The van der Waals surface area contributed by atoms with Crippen molar-refractivity contribution in [3.8, 4) is 0 Å². The standard InChI is InChI=1S/C12H17N3O/c1-2-10(9-4-7-16-11(9)3-1)15-12-8-13-5-6-14-12/h5-6,8-11H,1-4,7H2,(H,14,15). The summed E-state index contributed by atoms with van der Waals surface area (Å²) < 4.78 is 5.75. The van der Waals surface area contributed by atoms with Gasteiger partial charge in [-0.1, -0.05) is 0 Å². The van der Waals surface area contributed by atoms with Crippen molar-refractivity contribution in [3.63, 3.8) is 0 Å². The maximum absolute atomic E-state index is 5.75. The lowest BCUT2D eigenvalue weighted by Gasteiger charge is -2.33. The van der Waals surface area contributed by atoms with Crippen molar-refractivity contribution < 1.29 is 4.74 Å². The van der Waals surface area contributed by atoms with Crippen molar-refractivity contribution in [2.45, 2.75) is 37.8 Å². The zero-order chi connectivity index (χ0) is 10.8. The first kappa shape index (κ1) is 10.0. The van der Waals surface area contributed by atoms with Gasteiger partial charge < -0.3 is 10.1 Å². The summed E-state index contributed by atoms with van der Waals surface area (Å²) in [6.07, 6.45) is 10.6. The highest BCUT2D eigenvalue weighted by Gasteiger charge is 2.37. The number of ether oxygens (including phenoxy) is 1. The molecule has 4 heteroatoms. The third-order valence-corrected chi connectivity index (χ3v) is 3.68. The minimum absolute atomic E-state index is 0.475. The van der Waals surface area contributed by atoms with E-state index in [2.05, 4.69) is 15.3 Å². The van der Waals surface area contributed by atoms with Crippen LogP contribution >= 0.6 is 0 Å². The van der Waals surface area contributed by atoms with Gasteiger partial charge in [0.15, 0.2) is 0 Å². The van der Waals surface area contributed by atoms with Gasteiger partial charge in [-0.15, -0.1) is 0 Å². The van der Waals surface area contributed by atoms with E-state index in [9.17, 15) is 0 Å². The Balaban J connectivity index is 1.70. The summed E-state index contributed by atoms with van der Waals surface area (Å²) >= 11 is 0. The Labute approximate surface area is 95.4 Å². The Morgan fingerprint density at radius 2 is 2.25 bits per heavy atom. The van der Waals surface area contributed by atoms with Gasteiger partial charge in [-0.3, -0.25) is 4.98 Å². The fourth-order valence-electron chi connectivity index (χ4n) is 2.92. The minimum atomic E-state index is 0.475. The molecule has 1 N–H and O–H groups in total. The van der Waals surface area contributed by atoms with Crippen LogP contribution in [-0.4, -0.2) is 28.7 Å². The van der Waals surface area contributed by atoms with E-state index in [1.54, 1.807) is 18.6 Å². The normalized spacial score (nSPS) is 33.4. The van der Waals surface area contributed by atoms with Crippen molar-refractivity contribution in [3.05, 3.63) is 18.6 Å². The Hall–Kier alpha value is -1.16. The summed E-state index contributed by atoms with van der Waals surface area (Å²) in [6, 6.07) is 0.512. The molecule has 0 bridgehead atoms. The summed E-state index contributed by atoms with van der Waals surface area (Å²) in [5, 5.41) is 3.50. The molecule has 1 aliphatic carbocycles. The Morgan fingerprint density at radius 1 is 1.25 bits per heavy atom. The average molecular weight is 219 g/mol. The number of hydrogen-bond donors (Lipinski definition) is 1. The summed E-state index contributed by atoms with van der Waals surface area (Å²) in [6.45, 7) is 0.925. The summed E-state index contributed by atoms with van der Waals surface area (Å²) in [4.78, 5) is 8.35. The number of nitrogens with zero attached hydrogens (tertiary/aromatic N) is 2. The number of anilines is 1. The summed E-state index contributed by atoms with van der Waals surface area (Å²) in [5.41, 5.74) is 0. The van der Waals surface area contributed by atoms with E-state index in [-0.39, 0.29) is 0 Å². The van der Waals surface area contributed by atoms with E-state index < -0.39 is 0 Å². The van der Waals surface area contributed by atoms with Crippen LogP contribution in [0.4, 0.5) is 5.82 Å². The second kappa shape index (κ2) is 4.37. The van der Waals surface area contributed by atoms with E-state index in [4.69, 9.17) is 4.74 Å². The van der Waals surface area contributed by atoms with E-state index in [0.29, 0.717) is 18.1 Å². The van der Waals surface area contributed by atoms with Crippen LogP contribution in [0.3, 0.4) is 0 Å². The zero-order valence-electron chi connectivity index (χ0n) is 9.30. The highest BCUT2D eigenvalue weighted by atomic mass is 16.5. The molecular formula is C12H17N3O. The number of rotatable bonds is 2. The van der Waals surface area contributed by atoms with Gasteiger partial charge in [-0.2, -0.15) is 0 Å². The molecule has 1 aromatic heterocycles. The van der Waals surface area contributed by atoms with Crippen LogP contribution in [0.5, 0.6) is 0 Å². The number of aromatic nitrogens is 2. The Kier molecular flexibility index (Phi) is 2.74. The predicted molar refractivity (Wildman–Crippen MR) is 61.1 cm³/mol. The average Bonchev–Trinajstić information content (AvgIpc) is 2.80. The molecule has 3 unspecified atom stereocenters. The Morgan fingerprint density at radius 3 is 3.12 bits per heavy atom. The number of fused-ring (bicyclic) bond motifs is 1. The van der Waals surface area contributed by atoms with Crippen LogP contribution in [0.15, 0.2) is 18.6 Å². The van der Waals surface area contributed by atoms with Gasteiger partial charge in [0.25, 0.3) is 0 Å². The topological polar surface area (TPSA) is 47.0 Å². The molecule has 2 aliphatic rings. The van der Waals surface area contributed by atoms with E-state index in [1.807, 2.05) is 0 Å². The quantitative estimate of drug-likeness (QED) is 0.824. The van der Waals surface area contributed by atoms with E-state index in [1.165, 1.54) is 25.7 Å². The van der Waals surface area contributed by atoms with Gasteiger partial charge in [0, 0.05) is 31.0 Å². The van der Waals surface area contributed by atoms with Gasteiger partial charge >= 0.3 is 0 Å². The molecule has 1 saturated heterocycles. The lowest BCUT2D eigenvalue weighted by atomic mass is 9.82. The van der Waals surface area contributed by atoms with Crippen LogP contribution in [0.2, 0.25) is 0 Å². The molecule has 1 saturated carbocycles. The third-order valence-electron chi connectivity index (χ3n) is 3.68. The highest BCUT2D eigenvalue weighted by Crippen LogP contribution is 2.35. The lowest BCUT2D eigenvalue weighted by molar-refractivity contribution is 0.0619. The molecular weight excluding hydrogens is 202 g/mol. The molecule has 4 nitrogen and oxygen atoms in total. The van der Waals surface area contributed by atoms with E-state index >= 15 is 0 Å². The molecule has 2 fully saturated rings. The molecule has 0 amide bonds. The molecule has 2 heterocycles. The molecule has 16 heavy (non-hydrogen) atoms. The summed E-state index contributed by atoms with van der Waals surface area (Å²) in [5.74, 6) is 1.55. The molecule has 1 aromatic rings. The largest absolute Gasteiger partial charge is 0.378 e. The number of nitrogens with one attached hydrogen (secondary N) is 1. The maximum atomic E-state index is 5.75. The van der Waals surface area contributed by atoms with Gasteiger partial charge in [0.1, 0.15) is 5.82 Å². The van der Waals surface area contributed by atoms with Crippen molar-refractivity contribution in [1.82, 2.24) is 9.97 Å². The maximum Gasteiger partial charge on any atom is 0.144 e. The smallest absolute Gasteiger partial charge is 0.144 e. The number of hydrogen-bond acceptors (Lipinski definition) is 4. The molecule has 0 spiro atoms. The second-order valence-electron chi connectivity index (χ2n) is 4.63. The van der Waals surface area contributed by atoms with Crippen LogP contribution in [0.1, 0.15) is 25.7 Å². The summed E-state index contributed by atoms with van der Waals surface area (Å²) in [7, 11) is 0. The van der Waals surface area contributed by atoms with Crippen LogP contribution in [0, 0.1) is 5.92 Å². The SMILES string of the molecule is c1cnc(NC2CCCC3OCCC23)cn1. The second-order valence-corrected chi connectivity index (χ2v) is 4.63. The first-order chi connectivity index (χ1) is 7.93. The Bertz CT molecular complexity index is 343. The van der Waals surface area contributed by atoms with Gasteiger partial charge in [-0.05, 0) is 25.7 Å². The van der Waals surface area contributed by atoms with E-state index in [0.717, 1.165) is 12.4 Å². The monoisotopic (exact) mass is 219 g/mol. The van der Waals surface area contributed by atoms with Crippen molar-refractivity contribution >= 4 is 5.82 Å². The zero-order valence-corrected chi connectivity index (χ0v) is 9.30. The van der Waals surface area contributed by atoms with Crippen molar-refractivity contribution in [1.29, 1.82) is 0 Å². The third kappa shape index (κ3) is 1.89. The van der Waals surface area contributed by atoms with Crippen LogP contribution < -0.4 is 5.32 Å². The predicted octanol–water partition coefficient (Wildman–Crippen LogP) is 1.85. The molecule has 0 aromatic carbocycles. The van der Waals surface area contributed by atoms with Gasteiger partial charge in [0.05, 0.1) is 12.3 Å². The first-order valence-electron chi connectivity index (χ1n) is 6.07. The molecule has 3 rings (SSSR count). The minimum Gasteiger partial charge on any atom is -0.378 e. The van der Waals surface area contributed by atoms with Crippen LogP contribution in [0.25, 0.3) is 0 Å². The lowest BCUT2D eigenvalue weighted by Crippen LogP contribution is -2.38. The van der Waals surface area contributed by atoms with Gasteiger partial charge in [-0.25, -0.2) is 4.98 Å². The van der Waals surface area contributed by atoms with Gasteiger partial charge in [0.2, 0.25) is 0 Å². The molecule has 86 valence electrons. The first-order valence-corrected chi connectivity index (χ1v) is 6.07.